The van der Waals surface area contributed by atoms with E-state index < -0.39 is 44.5 Å². The average Bonchev–Trinajstić information content (AvgIpc) is 2.44. The number of carboxylic acid groups (broad SMARTS) is 1. The third-order valence-corrected chi connectivity index (χ3v) is 4.60. The van der Waals surface area contributed by atoms with Crippen LogP contribution in [0.15, 0.2) is 41.3 Å². The van der Waals surface area contributed by atoms with Crippen molar-refractivity contribution in [2.45, 2.75) is 4.90 Å². The van der Waals surface area contributed by atoms with E-state index in [1.54, 1.807) is 0 Å². The number of carboxylic acids is 1. The Morgan fingerprint density at radius 2 is 1.68 bits per heavy atom. The third kappa shape index (κ3) is 9.69. The summed E-state index contributed by atoms with van der Waals surface area (Å²) in [5.74, 6) is -2.98. The summed E-state index contributed by atoms with van der Waals surface area (Å²) in [4.78, 5) is 21.3. The van der Waals surface area contributed by atoms with Crippen LogP contribution in [0.4, 0.5) is 5.69 Å². The molecule has 0 aliphatic carbocycles. The van der Waals surface area contributed by atoms with Gasteiger partial charge in [0.15, 0.2) is 9.84 Å². The van der Waals surface area contributed by atoms with Gasteiger partial charge < -0.3 is 15.2 Å². The second-order valence-corrected chi connectivity index (χ2v) is 7.43. The number of rotatable bonds is 8. The Morgan fingerprint density at radius 3 is 2.16 bits per heavy atom. The molecule has 1 aromatic rings. The predicted octanol–water partition coefficient (Wildman–Crippen LogP) is -4.47. The third-order valence-electron chi connectivity index (χ3n) is 2.44. The van der Waals surface area contributed by atoms with E-state index in [2.05, 4.69) is 9.50 Å². The molecule has 0 fully saturated rings. The molecule has 0 aliphatic heterocycles. The maximum absolute atomic E-state index is 11.9. The summed E-state index contributed by atoms with van der Waals surface area (Å²) in [6.07, 6.45) is 1.26. The molecule has 1 amide bonds. The quantitative estimate of drug-likeness (QED) is 0.248. The molecule has 0 atom stereocenters. The summed E-state index contributed by atoms with van der Waals surface area (Å²) in [7, 11) is -8.59. The first kappa shape index (κ1) is 23.7. The van der Waals surface area contributed by atoms with Gasteiger partial charge in [0.25, 0.3) is 0 Å². The molecule has 0 unspecified atom stereocenters. The van der Waals surface area contributed by atoms with Gasteiger partial charge >= 0.3 is 40.0 Å². The molecule has 0 bridgehead atoms. The maximum atomic E-state index is 11.9. The standard InChI is InChI=1S/C12H13NO9S2.Na/c14-11(5-6-12(15)16)13-9-1-3-10(4-2-9)23(17,18)8-7-22-24(19,20)21;/h1-6H,7-8H2,(H,13,14)(H,15,16)(H,19,20,21);/q;+1/p-1/b6-5+;. The van der Waals surface area contributed by atoms with Gasteiger partial charge in [-0.2, -0.15) is 8.42 Å². The number of hydrogen-bond donors (Lipinski definition) is 2. The number of anilines is 1. The van der Waals surface area contributed by atoms with Crippen LogP contribution in [0.1, 0.15) is 0 Å². The molecule has 0 saturated heterocycles. The van der Waals surface area contributed by atoms with Crippen molar-refractivity contribution in [3.8, 4) is 0 Å². The Hall–Kier alpha value is -1.28. The number of carbonyl (C=O) groups is 2. The van der Waals surface area contributed by atoms with Gasteiger partial charge in [0.2, 0.25) is 5.91 Å². The minimum Gasteiger partial charge on any atom is -0.545 e. The summed E-state index contributed by atoms with van der Waals surface area (Å²) in [6, 6.07) is 4.81. The summed E-state index contributed by atoms with van der Waals surface area (Å²) in [5.41, 5.74) is 0.205. The molecule has 0 saturated carbocycles. The molecule has 0 spiro atoms. The van der Waals surface area contributed by atoms with Gasteiger partial charge in [-0.25, -0.2) is 12.6 Å². The topological polar surface area (TPSA) is 167 Å². The van der Waals surface area contributed by atoms with Gasteiger partial charge in [0, 0.05) is 11.8 Å². The Labute approximate surface area is 166 Å². The van der Waals surface area contributed by atoms with Crippen LogP contribution in [0.3, 0.4) is 0 Å². The second kappa shape index (κ2) is 10.0. The van der Waals surface area contributed by atoms with Crippen molar-refractivity contribution >= 4 is 37.8 Å². The van der Waals surface area contributed by atoms with Crippen molar-refractivity contribution in [3.63, 3.8) is 0 Å². The van der Waals surface area contributed by atoms with Crippen LogP contribution < -0.4 is 40.0 Å². The van der Waals surface area contributed by atoms with Crippen LogP contribution in [-0.4, -0.2) is 45.6 Å². The molecule has 1 aromatic carbocycles. The Bertz CT molecular complexity index is 845. The van der Waals surface area contributed by atoms with Gasteiger partial charge in [-0.05, 0) is 30.3 Å². The van der Waals surface area contributed by atoms with E-state index in [0.29, 0.717) is 6.08 Å². The summed E-state index contributed by atoms with van der Waals surface area (Å²) < 4.78 is 56.8. The van der Waals surface area contributed by atoms with Crippen LogP contribution in [-0.2, 0) is 34.0 Å². The van der Waals surface area contributed by atoms with Crippen LogP contribution in [0.25, 0.3) is 0 Å². The van der Waals surface area contributed by atoms with Crippen LogP contribution in [0.2, 0.25) is 0 Å². The van der Waals surface area contributed by atoms with Gasteiger partial charge in [-0.15, -0.1) is 0 Å². The molecule has 1 rings (SSSR count). The van der Waals surface area contributed by atoms with E-state index in [1.165, 1.54) is 12.1 Å². The van der Waals surface area contributed by atoms with Crippen molar-refractivity contribution in [2.75, 3.05) is 17.7 Å². The Morgan fingerprint density at radius 1 is 1.12 bits per heavy atom. The van der Waals surface area contributed by atoms with E-state index in [0.717, 1.165) is 18.2 Å². The summed E-state index contributed by atoms with van der Waals surface area (Å²) in [5, 5.41) is 12.4. The van der Waals surface area contributed by atoms with Gasteiger partial charge in [0.05, 0.1) is 23.2 Å². The second-order valence-electron chi connectivity index (χ2n) is 4.23. The number of amides is 1. The largest absolute Gasteiger partial charge is 1.00 e. The van der Waals surface area contributed by atoms with Crippen molar-refractivity contribution in [1.82, 2.24) is 0 Å². The van der Waals surface area contributed by atoms with Crippen molar-refractivity contribution in [3.05, 3.63) is 36.4 Å². The zero-order chi connectivity index (χ0) is 18.4. The maximum Gasteiger partial charge on any atom is 1.00 e. The molecule has 10 nitrogen and oxygen atoms in total. The molecule has 132 valence electrons. The monoisotopic (exact) mass is 401 g/mol. The van der Waals surface area contributed by atoms with Gasteiger partial charge in [-0.3, -0.25) is 9.35 Å². The predicted molar refractivity (Wildman–Crippen MR) is 78.8 cm³/mol. The number of sulfone groups is 1. The first-order valence-electron chi connectivity index (χ1n) is 6.14. The zero-order valence-electron chi connectivity index (χ0n) is 12.9. The average molecular weight is 401 g/mol. The fourth-order valence-corrected chi connectivity index (χ4v) is 2.93. The molecule has 2 N–H and O–H groups in total. The van der Waals surface area contributed by atoms with Gasteiger partial charge in [0.1, 0.15) is 0 Å². The first-order chi connectivity index (χ1) is 11.0. The number of aliphatic carboxylic acids is 1. The summed E-state index contributed by atoms with van der Waals surface area (Å²) in [6.45, 7) is -0.756. The molecular formula is C12H12NNaO9S2. The van der Waals surface area contributed by atoms with Crippen molar-refractivity contribution in [2.24, 2.45) is 0 Å². The molecular weight excluding hydrogens is 389 g/mol. The minimum atomic E-state index is -4.73. The van der Waals surface area contributed by atoms with E-state index in [1.807, 2.05) is 0 Å². The molecule has 25 heavy (non-hydrogen) atoms. The number of nitrogens with one attached hydrogen (secondary N) is 1. The number of hydrogen-bond acceptors (Lipinski definition) is 8. The van der Waals surface area contributed by atoms with Crippen LogP contribution in [0, 0.1) is 0 Å². The van der Waals surface area contributed by atoms with Crippen molar-refractivity contribution in [1.29, 1.82) is 0 Å². The fraction of sp³-hybridized carbons (Fsp3) is 0.167. The SMILES string of the molecule is O=C([O-])/C=C/C(=O)Nc1ccc(S(=O)(=O)CCOS(=O)(=O)O)cc1.[Na+]. The smallest absolute Gasteiger partial charge is 0.545 e. The van der Waals surface area contributed by atoms with E-state index >= 15 is 0 Å². The molecule has 13 heteroatoms. The molecule has 0 heterocycles. The first-order valence-corrected chi connectivity index (χ1v) is 9.16. The minimum absolute atomic E-state index is 0. The van der Waals surface area contributed by atoms with E-state index in [-0.39, 0.29) is 40.1 Å². The fourth-order valence-electron chi connectivity index (χ4n) is 1.44. The van der Waals surface area contributed by atoms with Crippen molar-refractivity contribution < 1.29 is 69.8 Å². The van der Waals surface area contributed by atoms with Crippen LogP contribution >= 0.6 is 0 Å². The molecule has 0 aliphatic rings. The van der Waals surface area contributed by atoms with E-state index in [9.17, 15) is 31.5 Å². The normalized spacial score (nSPS) is 11.7. The van der Waals surface area contributed by atoms with E-state index in [4.69, 9.17) is 4.55 Å². The number of benzene rings is 1. The zero-order valence-corrected chi connectivity index (χ0v) is 16.5. The molecule has 0 aromatic heterocycles. The van der Waals surface area contributed by atoms with Gasteiger partial charge in [-0.1, -0.05) is 0 Å². The Kier molecular flexibility index (Phi) is 9.50. The Balaban J connectivity index is 0.00000576. The number of carbonyl (C=O) groups excluding carboxylic acids is 2. The summed E-state index contributed by atoms with van der Waals surface area (Å²) >= 11 is 0. The molecule has 0 radical (unpaired) electrons. The van der Waals surface area contributed by atoms with Crippen LogP contribution in [0.5, 0.6) is 0 Å².